The quantitative estimate of drug-likeness (QED) is 0.419. The van der Waals surface area contributed by atoms with E-state index >= 15 is 0 Å². The van der Waals surface area contributed by atoms with Crippen molar-refractivity contribution in [2.75, 3.05) is 0 Å². The molecule has 0 radical (unpaired) electrons. The minimum absolute atomic E-state index is 0.00417. The predicted molar refractivity (Wildman–Crippen MR) is 43.4 cm³/mol. The Morgan fingerprint density at radius 2 is 2.21 bits per heavy atom. The largest absolute Gasteiger partial charge is 0.738 e. The third-order valence-electron chi connectivity index (χ3n) is 1.39. The first kappa shape index (κ1) is 10.5. The molecule has 1 rings (SSSR count). The minimum Gasteiger partial charge on any atom is -0.511 e. The molecule has 14 heavy (non-hydrogen) atoms. The van der Waals surface area contributed by atoms with E-state index in [1.54, 1.807) is 6.07 Å². The second-order valence-electron chi connectivity index (χ2n) is 2.28. The second-order valence-corrected chi connectivity index (χ2v) is 2.28. The Kier molecular flexibility index (Phi) is 3.42. The molecule has 7 heteroatoms. The van der Waals surface area contributed by atoms with Crippen molar-refractivity contribution in [2.24, 2.45) is 0 Å². The van der Waals surface area contributed by atoms with Gasteiger partial charge in [0.2, 0.25) is 0 Å². The van der Waals surface area contributed by atoms with Crippen LogP contribution < -0.4 is 4.65 Å². The van der Waals surface area contributed by atoms with Crippen LogP contribution in [-0.2, 0) is 4.81 Å². The molecule has 2 N–H and O–H groups in total. The van der Waals surface area contributed by atoms with Crippen LogP contribution in [0.3, 0.4) is 0 Å². The molecule has 0 amide bonds. The zero-order valence-corrected chi connectivity index (χ0v) is 6.85. The summed E-state index contributed by atoms with van der Waals surface area (Å²) in [7, 11) is -1.87. The van der Waals surface area contributed by atoms with Crippen molar-refractivity contribution in [1.29, 1.82) is 5.26 Å². The Morgan fingerprint density at radius 3 is 2.79 bits per heavy atom. The average molecular weight is 197 g/mol. The Morgan fingerprint density at radius 1 is 1.50 bits per heavy atom. The summed E-state index contributed by atoms with van der Waals surface area (Å²) in [5, 5.41) is 25.1. The Bertz CT molecular complexity index is 367. The van der Waals surface area contributed by atoms with Gasteiger partial charge in [0.25, 0.3) is 0 Å². The van der Waals surface area contributed by atoms with Crippen LogP contribution in [0.2, 0.25) is 0 Å². The van der Waals surface area contributed by atoms with Crippen molar-refractivity contribution < 1.29 is 24.1 Å². The van der Waals surface area contributed by atoms with Crippen LogP contribution in [0.5, 0.6) is 5.75 Å². The summed E-state index contributed by atoms with van der Waals surface area (Å²) < 4.78 is 17.3. The highest BCUT2D eigenvalue weighted by Crippen LogP contribution is 2.16. The molecule has 1 aromatic carbocycles. The SMILES string of the molecule is N#Cc1cc(OB(O)OO)ccc1F. The molecule has 0 saturated carbocycles. The predicted octanol–water partition coefficient (Wildman–Crippen LogP) is 0.543. The van der Waals surface area contributed by atoms with E-state index in [4.69, 9.17) is 15.5 Å². The number of halogens is 1. The van der Waals surface area contributed by atoms with Crippen LogP contribution in [0.1, 0.15) is 5.56 Å². The van der Waals surface area contributed by atoms with Crippen molar-refractivity contribution in [1.82, 2.24) is 0 Å². The lowest BCUT2D eigenvalue weighted by molar-refractivity contribution is -0.171. The fourth-order valence-electron chi connectivity index (χ4n) is 0.801. The van der Waals surface area contributed by atoms with E-state index in [-0.39, 0.29) is 11.3 Å². The molecule has 0 heterocycles. The molecule has 0 atom stereocenters. The molecule has 5 nitrogen and oxygen atoms in total. The van der Waals surface area contributed by atoms with Gasteiger partial charge in [0.05, 0.1) is 5.56 Å². The number of hydrogen-bond donors (Lipinski definition) is 2. The molecular formula is C7H5BFNO4. The van der Waals surface area contributed by atoms with Gasteiger partial charge in [0, 0.05) is 0 Å². The molecule has 0 aliphatic carbocycles. The van der Waals surface area contributed by atoms with E-state index < -0.39 is 13.1 Å². The first-order valence-electron chi connectivity index (χ1n) is 3.52. The molecular weight excluding hydrogens is 192 g/mol. The van der Waals surface area contributed by atoms with Gasteiger partial charge in [0.15, 0.2) is 0 Å². The van der Waals surface area contributed by atoms with Crippen LogP contribution >= 0.6 is 0 Å². The lowest BCUT2D eigenvalue weighted by Crippen LogP contribution is -2.24. The lowest BCUT2D eigenvalue weighted by Gasteiger charge is -2.05. The van der Waals surface area contributed by atoms with Crippen LogP contribution in [-0.4, -0.2) is 17.6 Å². The van der Waals surface area contributed by atoms with E-state index in [0.29, 0.717) is 0 Å². The summed E-state index contributed by atoms with van der Waals surface area (Å²) >= 11 is 0. The Hall–Kier alpha value is -1.62. The number of nitrogens with zero attached hydrogens (tertiary/aromatic N) is 1. The molecule has 0 aliphatic rings. The third kappa shape index (κ3) is 2.43. The minimum atomic E-state index is -1.87. The van der Waals surface area contributed by atoms with Crippen molar-refractivity contribution >= 4 is 7.32 Å². The van der Waals surface area contributed by atoms with Gasteiger partial charge >= 0.3 is 7.32 Å². The van der Waals surface area contributed by atoms with Crippen molar-refractivity contribution in [3.05, 3.63) is 29.6 Å². The number of nitriles is 1. The van der Waals surface area contributed by atoms with Gasteiger partial charge < -0.3 is 9.68 Å². The van der Waals surface area contributed by atoms with E-state index in [1.165, 1.54) is 6.07 Å². The highest BCUT2D eigenvalue weighted by molar-refractivity contribution is 6.35. The van der Waals surface area contributed by atoms with Crippen LogP contribution in [0.25, 0.3) is 0 Å². The number of benzene rings is 1. The Labute approximate surface area is 79.0 Å². The molecule has 0 saturated heterocycles. The summed E-state index contributed by atoms with van der Waals surface area (Å²) in [6.45, 7) is 0. The van der Waals surface area contributed by atoms with Crippen LogP contribution in [0.4, 0.5) is 4.39 Å². The molecule has 0 unspecified atom stereocenters. The van der Waals surface area contributed by atoms with Gasteiger partial charge in [-0.1, -0.05) is 0 Å². The summed E-state index contributed by atoms with van der Waals surface area (Å²) in [4.78, 5) is 3.41. The van der Waals surface area contributed by atoms with Crippen molar-refractivity contribution in [2.45, 2.75) is 0 Å². The highest BCUT2D eigenvalue weighted by atomic mass is 19.1. The normalized spacial score (nSPS) is 9.29. The van der Waals surface area contributed by atoms with Crippen LogP contribution in [0.15, 0.2) is 18.2 Å². The van der Waals surface area contributed by atoms with E-state index in [0.717, 1.165) is 12.1 Å². The van der Waals surface area contributed by atoms with E-state index in [2.05, 4.69) is 9.46 Å². The second kappa shape index (κ2) is 4.57. The van der Waals surface area contributed by atoms with Crippen LogP contribution in [0, 0.1) is 17.1 Å². The summed E-state index contributed by atoms with van der Waals surface area (Å²) in [5.41, 5.74) is -0.229. The van der Waals surface area contributed by atoms with Gasteiger partial charge in [-0.2, -0.15) is 5.26 Å². The summed E-state index contributed by atoms with van der Waals surface area (Å²) in [6.07, 6.45) is 0. The summed E-state index contributed by atoms with van der Waals surface area (Å²) in [6, 6.07) is 4.83. The van der Waals surface area contributed by atoms with Crippen molar-refractivity contribution in [3.63, 3.8) is 0 Å². The van der Waals surface area contributed by atoms with Crippen molar-refractivity contribution in [3.8, 4) is 11.8 Å². The maximum atomic E-state index is 12.8. The molecule has 72 valence electrons. The van der Waals surface area contributed by atoms with Gasteiger partial charge in [-0.3, -0.25) is 5.26 Å². The zero-order chi connectivity index (χ0) is 10.6. The molecule has 0 bridgehead atoms. The van der Waals surface area contributed by atoms with Gasteiger partial charge in [-0.25, -0.2) is 9.20 Å². The molecule has 0 spiro atoms. The molecule has 0 aromatic heterocycles. The monoisotopic (exact) mass is 197 g/mol. The smallest absolute Gasteiger partial charge is 0.511 e. The maximum absolute atomic E-state index is 12.8. The summed E-state index contributed by atoms with van der Waals surface area (Å²) in [5.74, 6) is -0.691. The highest BCUT2D eigenvalue weighted by Gasteiger charge is 2.18. The van der Waals surface area contributed by atoms with E-state index in [9.17, 15) is 4.39 Å². The lowest BCUT2D eigenvalue weighted by atomic mass is 10.2. The molecule has 0 fully saturated rings. The number of hydrogen-bond acceptors (Lipinski definition) is 5. The van der Waals surface area contributed by atoms with Gasteiger partial charge in [-0.15, -0.1) is 0 Å². The topological polar surface area (TPSA) is 82.7 Å². The molecule has 1 aromatic rings. The standard InChI is InChI=1S/C7H5BFNO4/c9-7-2-1-6(3-5(7)4-10)13-8(11)14-12/h1-3,11-12H. The van der Waals surface area contributed by atoms with Gasteiger partial charge in [0.1, 0.15) is 17.6 Å². The van der Waals surface area contributed by atoms with Gasteiger partial charge in [-0.05, 0) is 18.2 Å². The third-order valence-corrected chi connectivity index (χ3v) is 1.39. The maximum Gasteiger partial charge on any atom is 0.738 e. The average Bonchev–Trinajstić information content (AvgIpc) is 2.20. The number of rotatable bonds is 3. The fourth-order valence-corrected chi connectivity index (χ4v) is 0.801. The fraction of sp³-hybridized carbons (Fsp3) is 0. The first-order chi connectivity index (χ1) is 6.67. The Balaban J connectivity index is 2.86. The van der Waals surface area contributed by atoms with E-state index in [1.807, 2.05) is 0 Å². The first-order valence-corrected chi connectivity index (χ1v) is 3.52. The molecule has 0 aliphatic heterocycles. The zero-order valence-electron chi connectivity index (χ0n) is 6.85.